The molecule has 2 heterocycles. The average molecular weight is 454 g/mol. The van der Waals surface area contributed by atoms with Crippen LogP contribution in [0.2, 0.25) is 0 Å². The Morgan fingerprint density at radius 3 is 2.25 bits per heavy atom. The third-order valence-electron chi connectivity index (χ3n) is 5.54. The number of benzene rings is 2. The highest BCUT2D eigenvalue weighted by Crippen LogP contribution is 2.24. The second kappa shape index (κ2) is 9.58. The van der Waals surface area contributed by atoms with Crippen LogP contribution in [-0.2, 0) is 10.0 Å². The summed E-state index contributed by atoms with van der Waals surface area (Å²) in [4.78, 5) is 12.5. The maximum absolute atomic E-state index is 12.7. The fourth-order valence-electron chi connectivity index (χ4n) is 3.73. The predicted octanol–water partition coefficient (Wildman–Crippen LogP) is 4.88. The minimum Gasteiger partial charge on any atom is -0.438 e. The zero-order valence-electron chi connectivity index (χ0n) is 18.0. The van der Waals surface area contributed by atoms with E-state index in [4.69, 9.17) is 4.42 Å². The molecule has 1 unspecified atom stereocenters. The van der Waals surface area contributed by atoms with Crippen molar-refractivity contribution in [1.29, 1.82) is 0 Å². The number of carbonyl (C=O) groups is 1. The molecular formula is C24H27N3O4S. The largest absolute Gasteiger partial charge is 0.438 e. The number of furan rings is 1. The Bertz CT molecular complexity index is 1150. The van der Waals surface area contributed by atoms with Gasteiger partial charge in [-0.15, -0.1) is 0 Å². The third-order valence-corrected chi connectivity index (χ3v) is 7.31. The molecule has 1 atom stereocenters. The summed E-state index contributed by atoms with van der Waals surface area (Å²) in [6.45, 7) is 3.04. The first-order valence-electron chi connectivity index (χ1n) is 10.8. The van der Waals surface area contributed by atoms with E-state index >= 15 is 0 Å². The highest BCUT2D eigenvalue weighted by Gasteiger charge is 2.29. The molecule has 1 aliphatic heterocycles. The number of hydrogen-bond donors (Lipinski definition) is 2. The minimum atomic E-state index is -3.71. The molecule has 2 N–H and O–H groups in total. The van der Waals surface area contributed by atoms with Crippen molar-refractivity contribution in [3.05, 3.63) is 78.1 Å². The summed E-state index contributed by atoms with van der Waals surface area (Å²) >= 11 is 0. The summed E-state index contributed by atoms with van der Waals surface area (Å²) in [7, 11) is -3.71. The van der Waals surface area contributed by atoms with Crippen molar-refractivity contribution in [3.8, 4) is 0 Å². The summed E-state index contributed by atoms with van der Waals surface area (Å²) in [5.74, 6) is -0.538. The Labute approximate surface area is 188 Å². The van der Waals surface area contributed by atoms with Gasteiger partial charge in [0.1, 0.15) is 0 Å². The normalized spacial score (nSPS) is 15.8. The van der Waals surface area contributed by atoms with E-state index in [0.717, 1.165) is 24.9 Å². The van der Waals surface area contributed by atoms with E-state index in [-0.39, 0.29) is 16.9 Å². The number of hydrogen-bond acceptors (Lipinski definition) is 5. The second-order valence-electron chi connectivity index (χ2n) is 7.89. The van der Waals surface area contributed by atoms with Crippen molar-refractivity contribution < 1.29 is 17.6 Å². The first-order chi connectivity index (χ1) is 15.4. The van der Waals surface area contributed by atoms with Gasteiger partial charge in [-0.1, -0.05) is 36.8 Å². The van der Waals surface area contributed by atoms with Crippen LogP contribution >= 0.6 is 0 Å². The molecule has 1 saturated heterocycles. The lowest BCUT2D eigenvalue weighted by molar-refractivity contribution is 0.0991. The van der Waals surface area contributed by atoms with Crippen LogP contribution in [0.5, 0.6) is 0 Å². The molecule has 32 heavy (non-hydrogen) atoms. The Morgan fingerprint density at radius 2 is 1.56 bits per heavy atom. The van der Waals surface area contributed by atoms with E-state index in [0.29, 0.717) is 18.8 Å². The summed E-state index contributed by atoms with van der Waals surface area (Å²) in [6.07, 6.45) is 2.70. The molecule has 0 saturated carbocycles. The molecule has 7 nitrogen and oxygen atoms in total. The molecule has 1 aliphatic rings. The number of nitrogens with zero attached hydrogens (tertiary/aromatic N) is 1. The molecule has 4 rings (SSSR count). The van der Waals surface area contributed by atoms with Crippen LogP contribution < -0.4 is 10.6 Å². The van der Waals surface area contributed by atoms with Gasteiger partial charge < -0.3 is 15.1 Å². The van der Waals surface area contributed by atoms with E-state index in [1.54, 1.807) is 12.1 Å². The number of nitrogens with one attached hydrogen (secondary N) is 2. The maximum atomic E-state index is 12.7. The van der Waals surface area contributed by atoms with Gasteiger partial charge in [-0.05, 0) is 61.7 Å². The van der Waals surface area contributed by atoms with Crippen molar-refractivity contribution in [1.82, 2.24) is 4.31 Å². The molecule has 1 fully saturated rings. The first-order valence-corrected chi connectivity index (χ1v) is 12.2. The highest BCUT2D eigenvalue weighted by molar-refractivity contribution is 7.89. The van der Waals surface area contributed by atoms with Gasteiger partial charge in [0.25, 0.3) is 15.9 Å². The SMILES string of the molecule is CC(Nc1ccc(NC(=O)c2ccc(S(=O)(=O)N3CCCCC3)o2)cc1)c1ccccc1. The topological polar surface area (TPSA) is 91.6 Å². The van der Waals surface area contributed by atoms with Crippen LogP contribution in [0.1, 0.15) is 48.3 Å². The lowest BCUT2D eigenvalue weighted by Gasteiger charge is -2.24. The van der Waals surface area contributed by atoms with Crippen molar-refractivity contribution in [2.24, 2.45) is 0 Å². The van der Waals surface area contributed by atoms with Crippen LogP contribution in [-0.4, -0.2) is 31.7 Å². The molecule has 3 aromatic rings. The molecule has 1 aromatic heterocycles. The van der Waals surface area contributed by atoms with Crippen LogP contribution in [0, 0.1) is 0 Å². The van der Waals surface area contributed by atoms with Gasteiger partial charge in [0.2, 0.25) is 5.09 Å². The second-order valence-corrected chi connectivity index (χ2v) is 9.76. The standard InChI is InChI=1S/C24H27N3O4S/c1-18(19-8-4-2-5-9-19)25-20-10-12-21(13-11-20)26-24(28)22-14-15-23(31-22)32(29,30)27-16-6-3-7-17-27/h2,4-5,8-15,18,25H,3,6-7,16-17H2,1H3,(H,26,28). The number of amides is 1. The molecule has 1 amide bonds. The van der Waals surface area contributed by atoms with E-state index < -0.39 is 15.9 Å². The molecule has 168 valence electrons. The Hall–Kier alpha value is -3.10. The van der Waals surface area contributed by atoms with E-state index in [1.165, 1.54) is 22.0 Å². The zero-order chi connectivity index (χ0) is 22.6. The quantitative estimate of drug-likeness (QED) is 0.532. The number of anilines is 2. The van der Waals surface area contributed by atoms with E-state index in [1.807, 2.05) is 30.3 Å². The Kier molecular flexibility index (Phi) is 6.62. The fraction of sp³-hybridized carbons (Fsp3) is 0.292. The van der Waals surface area contributed by atoms with Gasteiger partial charge in [0.15, 0.2) is 5.76 Å². The number of carbonyl (C=O) groups excluding carboxylic acids is 1. The van der Waals surface area contributed by atoms with Crippen LogP contribution in [0.4, 0.5) is 11.4 Å². The van der Waals surface area contributed by atoms with Gasteiger partial charge in [-0.3, -0.25) is 4.79 Å². The Balaban J connectivity index is 1.38. The maximum Gasteiger partial charge on any atom is 0.291 e. The van der Waals surface area contributed by atoms with E-state index in [2.05, 4.69) is 29.7 Å². The zero-order valence-corrected chi connectivity index (χ0v) is 18.8. The van der Waals surface area contributed by atoms with Crippen molar-refractivity contribution in [2.45, 2.75) is 37.3 Å². The summed E-state index contributed by atoms with van der Waals surface area (Å²) < 4.78 is 32.2. The van der Waals surface area contributed by atoms with Crippen LogP contribution in [0.25, 0.3) is 0 Å². The molecule has 0 spiro atoms. The van der Waals surface area contributed by atoms with Gasteiger partial charge in [0, 0.05) is 30.5 Å². The number of sulfonamides is 1. The molecule has 0 aliphatic carbocycles. The lowest BCUT2D eigenvalue weighted by atomic mass is 10.1. The molecule has 2 aromatic carbocycles. The molecule has 0 radical (unpaired) electrons. The predicted molar refractivity (Wildman–Crippen MR) is 124 cm³/mol. The highest BCUT2D eigenvalue weighted by atomic mass is 32.2. The van der Waals surface area contributed by atoms with Crippen LogP contribution in [0.3, 0.4) is 0 Å². The monoisotopic (exact) mass is 453 g/mol. The number of piperidine rings is 1. The smallest absolute Gasteiger partial charge is 0.291 e. The number of rotatable bonds is 7. The molecular weight excluding hydrogens is 426 g/mol. The van der Waals surface area contributed by atoms with Gasteiger partial charge >= 0.3 is 0 Å². The first kappa shape index (κ1) is 22.1. The fourth-order valence-corrected chi connectivity index (χ4v) is 5.16. The van der Waals surface area contributed by atoms with Gasteiger partial charge in [-0.2, -0.15) is 4.31 Å². The summed E-state index contributed by atoms with van der Waals surface area (Å²) in [5.41, 5.74) is 2.69. The Morgan fingerprint density at radius 1 is 0.906 bits per heavy atom. The summed E-state index contributed by atoms with van der Waals surface area (Å²) in [5, 5.41) is 5.97. The minimum absolute atomic E-state index is 0.0412. The molecule has 0 bridgehead atoms. The van der Waals surface area contributed by atoms with E-state index in [9.17, 15) is 13.2 Å². The van der Waals surface area contributed by atoms with Crippen molar-refractivity contribution in [3.63, 3.8) is 0 Å². The summed E-state index contributed by atoms with van der Waals surface area (Å²) in [6, 6.07) is 20.3. The average Bonchev–Trinajstić information content (AvgIpc) is 3.33. The van der Waals surface area contributed by atoms with Crippen LogP contribution in [0.15, 0.2) is 76.2 Å². The van der Waals surface area contributed by atoms with Crippen molar-refractivity contribution in [2.75, 3.05) is 23.7 Å². The third kappa shape index (κ3) is 5.03. The van der Waals surface area contributed by atoms with Crippen molar-refractivity contribution >= 4 is 27.3 Å². The van der Waals surface area contributed by atoms with Gasteiger partial charge in [-0.25, -0.2) is 8.42 Å². The lowest BCUT2D eigenvalue weighted by Crippen LogP contribution is -2.35. The molecule has 8 heteroatoms. The van der Waals surface area contributed by atoms with Gasteiger partial charge in [0.05, 0.1) is 0 Å².